The van der Waals surface area contributed by atoms with Crippen LogP contribution >= 0.6 is 0 Å². The Bertz CT molecular complexity index is 842. The lowest BCUT2D eigenvalue weighted by Crippen LogP contribution is -2.58. The zero-order valence-electron chi connectivity index (χ0n) is 26.4. The molecule has 1 heterocycles. The van der Waals surface area contributed by atoms with Crippen LogP contribution in [0.5, 0.6) is 0 Å². The molecule has 0 bridgehead atoms. The molecule has 0 aromatic carbocycles. The monoisotopic (exact) mass is 556 g/mol. The first-order valence-corrected chi connectivity index (χ1v) is 16.5. The van der Waals surface area contributed by atoms with Crippen LogP contribution in [0.25, 0.3) is 0 Å². The molecule has 0 unspecified atom stereocenters. The Morgan fingerprint density at radius 1 is 0.675 bits per heavy atom. The highest BCUT2D eigenvalue weighted by Gasteiger charge is 2.40. The quantitative estimate of drug-likeness (QED) is 0.337. The van der Waals surface area contributed by atoms with Gasteiger partial charge in [-0.2, -0.15) is 0 Å². The van der Waals surface area contributed by atoms with E-state index in [0.29, 0.717) is 12.8 Å². The van der Waals surface area contributed by atoms with E-state index in [1.165, 1.54) is 25.7 Å². The number of likely N-dealkylation sites (N-methyl/N-ethyl adjacent to an activating group) is 1. The van der Waals surface area contributed by atoms with Gasteiger partial charge in [-0.05, 0) is 104 Å². The van der Waals surface area contributed by atoms with Crippen molar-refractivity contribution in [3.05, 3.63) is 24.3 Å². The maximum atomic E-state index is 14.2. The highest BCUT2D eigenvalue weighted by atomic mass is 16.1. The van der Waals surface area contributed by atoms with Crippen molar-refractivity contribution < 1.29 is 14.4 Å². The number of hydrogen-bond donors (Lipinski definition) is 2. The average molecular weight is 557 g/mol. The summed E-state index contributed by atoms with van der Waals surface area (Å²) in [5.41, 5.74) is -1.80. The first-order chi connectivity index (χ1) is 19.2. The van der Waals surface area contributed by atoms with Gasteiger partial charge in [-0.3, -0.25) is 19.7 Å². The van der Waals surface area contributed by atoms with Gasteiger partial charge in [-0.25, -0.2) is 0 Å². The molecule has 1 spiro atoms. The Balaban J connectivity index is 2.36. The van der Waals surface area contributed by atoms with Crippen molar-refractivity contribution in [2.24, 2.45) is 5.41 Å². The summed E-state index contributed by atoms with van der Waals surface area (Å²) in [5.74, 6) is 0.504. The summed E-state index contributed by atoms with van der Waals surface area (Å²) < 4.78 is 0. The molecule has 0 saturated carbocycles. The molecule has 0 aromatic rings. The summed E-state index contributed by atoms with van der Waals surface area (Å²) in [5, 5.41) is 6.90. The van der Waals surface area contributed by atoms with Gasteiger partial charge in [0, 0.05) is 11.8 Å². The number of ketones is 3. The van der Waals surface area contributed by atoms with E-state index in [9.17, 15) is 14.4 Å². The van der Waals surface area contributed by atoms with E-state index in [0.717, 1.165) is 89.9 Å². The third-order valence-corrected chi connectivity index (χ3v) is 9.97. The molecule has 0 fully saturated rings. The number of carbonyl (C=O) groups is 3. The first kappa shape index (κ1) is 34.6. The molecule has 228 valence electrons. The number of Topliss-reactive ketones (excluding diaryl/α,β-unsaturated/α-hetero) is 3. The van der Waals surface area contributed by atoms with Crippen molar-refractivity contribution in [1.82, 2.24) is 10.6 Å². The molecule has 1 aliphatic heterocycles. The van der Waals surface area contributed by atoms with Crippen LogP contribution in [0, 0.1) is 5.41 Å². The van der Waals surface area contributed by atoms with Gasteiger partial charge in [0.05, 0.1) is 17.6 Å². The molecule has 2 aliphatic rings. The third-order valence-electron chi connectivity index (χ3n) is 9.97. The zero-order chi connectivity index (χ0) is 29.3. The van der Waals surface area contributed by atoms with Crippen molar-refractivity contribution in [1.29, 1.82) is 0 Å². The first-order valence-electron chi connectivity index (χ1n) is 16.5. The highest BCUT2D eigenvalue weighted by molar-refractivity contribution is 5.93. The van der Waals surface area contributed by atoms with Gasteiger partial charge in [0.1, 0.15) is 5.78 Å². The lowest BCUT2D eigenvalue weighted by atomic mass is 9.73. The van der Waals surface area contributed by atoms with E-state index in [1.54, 1.807) is 6.92 Å². The van der Waals surface area contributed by atoms with Gasteiger partial charge in [-0.1, -0.05) is 69.8 Å². The molecular weight excluding hydrogens is 496 g/mol. The number of allylic oxidation sites excluding steroid dienone is 4. The van der Waals surface area contributed by atoms with Gasteiger partial charge in [-0.15, -0.1) is 0 Å². The molecule has 3 atom stereocenters. The molecule has 5 nitrogen and oxygen atoms in total. The highest BCUT2D eigenvalue weighted by Crippen LogP contribution is 2.34. The zero-order valence-corrected chi connectivity index (χ0v) is 26.4. The Morgan fingerprint density at radius 2 is 1.18 bits per heavy atom. The maximum Gasteiger partial charge on any atom is 0.166 e. The molecule has 0 saturated heterocycles. The van der Waals surface area contributed by atoms with E-state index in [4.69, 9.17) is 0 Å². The number of rotatable bonds is 2. The molecule has 0 amide bonds. The van der Waals surface area contributed by atoms with Gasteiger partial charge < -0.3 is 5.32 Å². The molecule has 0 aromatic heterocycles. The Labute approximate surface area is 245 Å². The molecule has 1 aliphatic carbocycles. The lowest BCUT2D eigenvalue weighted by Gasteiger charge is -2.37. The minimum Gasteiger partial charge on any atom is -0.308 e. The van der Waals surface area contributed by atoms with Gasteiger partial charge in [0.2, 0.25) is 0 Å². The van der Waals surface area contributed by atoms with Crippen LogP contribution < -0.4 is 10.6 Å². The molecule has 5 heteroatoms. The summed E-state index contributed by atoms with van der Waals surface area (Å²) >= 11 is 0. The number of carbonyl (C=O) groups excluding carboxylic acids is 3. The second kappa shape index (κ2) is 18.1. The van der Waals surface area contributed by atoms with Crippen LogP contribution in [-0.4, -0.2) is 42.0 Å². The van der Waals surface area contributed by atoms with Gasteiger partial charge in [0.25, 0.3) is 0 Å². The molecule has 2 rings (SSSR count). The molecule has 0 radical (unpaired) electrons. The fraction of sp³-hybridized carbons (Fsp3) is 0.800. The fourth-order valence-electron chi connectivity index (χ4n) is 6.37. The van der Waals surface area contributed by atoms with Crippen LogP contribution in [0.1, 0.15) is 149 Å². The van der Waals surface area contributed by atoms with Crippen LogP contribution in [0.3, 0.4) is 0 Å². The Kier molecular flexibility index (Phi) is 15.6. The van der Waals surface area contributed by atoms with Crippen LogP contribution in [0.2, 0.25) is 0 Å². The van der Waals surface area contributed by atoms with E-state index < -0.39 is 16.5 Å². The summed E-state index contributed by atoms with van der Waals surface area (Å²) in [7, 11) is 1.88. The average Bonchev–Trinajstić information content (AvgIpc) is 2.94. The molecule has 2 N–H and O–H groups in total. The van der Waals surface area contributed by atoms with Crippen LogP contribution in [0.4, 0.5) is 0 Å². The normalized spacial score (nSPS) is 33.8. The van der Waals surface area contributed by atoms with Gasteiger partial charge >= 0.3 is 0 Å². The summed E-state index contributed by atoms with van der Waals surface area (Å²) in [6.45, 7) is 5.95. The third kappa shape index (κ3) is 11.4. The van der Waals surface area contributed by atoms with Crippen molar-refractivity contribution in [3.63, 3.8) is 0 Å². The van der Waals surface area contributed by atoms with Crippen molar-refractivity contribution in [3.8, 4) is 0 Å². The van der Waals surface area contributed by atoms with E-state index in [1.807, 2.05) is 14.0 Å². The van der Waals surface area contributed by atoms with E-state index >= 15 is 0 Å². The van der Waals surface area contributed by atoms with Gasteiger partial charge in [0.15, 0.2) is 11.6 Å². The summed E-state index contributed by atoms with van der Waals surface area (Å²) in [6.07, 6.45) is 28.2. The largest absolute Gasteiger partial charge is 0.308 e. The van der Waals surface area contributed by atoms with E-state index in [2.05, 4.69) is 41.9 Å². The maximum absolute atomic E-state index is 14.2. The number of nitrogens with one attached hydrogen (secondary N) is 2. The smallest absolute Gasteiger partial charge is 0.166 e. The lowest BCUT2D eigenvalue weighted by molar-refractivity contribution is -0.130. The SMILES string of the molecule is CN[C@]1(C)CCCCCC/C=C\CCC[C@]2(CCC/C=C\CCCCCC[C@@](C)(C(C)=O)CCC2=O)NCC1=O. The van der Waals surface area contributed by atoms with Crippen molar-refractivity contribution in [2.45, 2.75) is 160 Å². The van der Waals surface area contributed by atoms with Crippen LogP contribution in [0.15, 0.2) is 24.3 Å². The summed E-state index contributed by atoms with van der Waals surface area (Å²) in [4.78, 5) is 40.6. The summed E-state index contributed by atoms with van der Waals surface area (Å²) in [6, 6.07) is 0. The second-order valence-corrected chi connectivity index (χ2v) is 13.1. The Hall–Kier alpha value is -1.59. The molecule has 40 heavy (non-hydrogen) atoms. The second-order valence-electron chi connectivity index (χ2n) is 13.1. The Morgan fingerprint density at radius 3 is 1.70 bits per heavy atom. The standard InChI is InChI=1S/C35H60N2O3/c1-30(38)33(2)24-19-15-11-7-5-9-13-17-21-26-35(31(39)23-28-33)27-22-18-14-10-6-8-12-16-20-25-34(3,36-4)32(40)29-37-35/h9-10,13-14,36-37H,5-8,11-12,15-29H2,1-4H3/b13-9-,14-10-/t33-,34-,35+/m1/s1. The minimum absolute atomic E-state index is 0.134. The number of hydrogen-bond acceptors (Lipinski definition) is 5. The van der Waals surface area contributed by atoms with Crippen molar-refractivity contribution in [2.75, 3.05) is 13.6 Å². The van der Waals surface area contributed by atoms with E-state index in [-0.39, 0.29) is 23.9 Å². The topological polar surface area (TPSA) is 75.3 Å². The van der Waals surface area contributed by atoms with Crippen molar-refractivity contribution >= 4 is 17.3 Å². The van der Waals surface area contributed by atoms with Crippen LogP contribution in [-0.2, 0) is 14.4 Å². The predicted octanol–water partition coefficient (Wildman–Crippen LogP) is 7.97. The molecular formula is C35H60N2O3. The predicted molar refractivity (Wildman–Crippen MR) is 168 cm³/mol. The fourth-order valence-corrected chi connectivity index (χ4v) is 6.37. The minimum atomic E-state index is -0.738.